The lowest BCUT2D eigenvalue weighted by atomic mass is 10.0. The topological polar surface area (TPSA) is 40.6 Å². The first-order valence-electron chi connectivity index (χ1n) is 7.86. The summed E-state index contributed by atoms with van der Waals surface area (Å²) < 4.78 is 38.3. The summed E-state index contributed by atoms with van der Waals surface area (Å²) >= 11 is 0. The highest BCUT2D eigenvalue weighted by Gasteiger charge is 2.34. The van der Waals surface area contributed by atoms with Crippen LogP contribution in [0.2, 0.25) is 0 Å². The molecule has 2 aliphatic heterocycles. The van der Waals surface area contributed by atoms with Crippen molar-refractivity contribution in [2.45, 2.75) is 25.4 Å². The van der Waals surface area contributed by atoms with E-state index in [4.69, 9.17) is 0 Å². The van der Waals surface area contributed by atoms with Gasteiger partial charge in [-0.2, -0.15) is 0 Å². The van der Waals surface area contributed by atoms with Crippen LogP contribution in [0.4, 0.5) is 8.78 Å². The van der Waals surface area contributed by atoms with Gasteiger partial charge in [-0.05, 0) is 18.9 Å². The average molecular weight is 342 g/mol. The Hall–Kier alpha value is -1.34. The minimum Gasteiger partial charge on any atom is -0.337 e. The molecule has 0 unspecified atom stereocenters. The molecule has 0 aromatic heterocycles. The quantitative estimate of drug-likeness (QED) is 0.836. The zero-order chi connectivity index (χ0) is 16.4. The first kappa shape index (κ1) is 16.5. The smallest absolute Gasteiger partial charge is 0.240 e. The summed E-state index contributed by atoms with van der Waals surface area (Å²) in [6.07, 6.45) is 1.65. The molecule has 0 aliphatic carbocycles. The maximum absolute atomic E-state index is 13.8. The number of carbonyl (C=O) groups excluding carboxylic acids is 1. The van der Waals surface area contributed by atoms with E-state index in [0.717, 1.165) is 18.9 Å². The van der Waals surface area contributed by atoms with Gasteiger partial charge in [0, 0.05) is 60.1 Å². The Morgan fingerprint density at radius 1 is 1.17 bits per heavy atom. The molecular formula is C16H20F2N2O2S. The van der Waals surface area contributed by atoms with Gasteiger partial charge in [-0.25, -0.2) is 8.78 Å². The highest BCUT2D eigenvalue weighted by molar-refractivity contribution is 7.85. The number of amides is 1. The molecule has 3 rings (SSSR count). The Morgan fingerprint density at radius 2 is 1.91 bits per heavy atom. The molecule has 2 fully saturated rings. The first-order chi connectivity index (χ1) is 11.0. The fraction of sp³-hybridized carbons (Fsp3) is 0.562. The average Bonchev–Trinajstić information content (AvgIpc) is 2.53. The highest BCUT2D eigenvalue weighted by atomic mass is 32.2. The van der Waals surface area contributed by atoms with E-state index >= 15 is 0 Å². The van der Waals surface area contributed by atoms with Crippen molar-refractivity contribution >= 4 is 16.7 Å². The normalized spacial score (nSPS) is 24.2. The molecular weight excluding hydrogens is 322 g/mol. The van der Waals surface area contributed by atoms with Gasteiger partial charge in [0.2, 0.25) is 5.91 Å². The Bertz CT molecular complexity index is 616. The molecule has 7 heteroatoms. The van der Waals surface area contributed by atoms with E-state index in [1.165, 1.54) is 12.1 Å². The molecule has 0 N–H and O–H groups in total. The molecule has 0 bridgehead atoms. The predicted molar refractivity (Wildman–Crippen MR) is 84.2 cm³/mol. The number of benzene rings is 1. The van der Waals surface area contributed by atoms with Crippen molar-refractivity contribution in [2.75, 3.05) is 31.1 Å². The summed E-state index contributed by atoms with van der Waals surface area (Å²) in [5, 5.41) is 0. The van der Waals surface area contributed by atoms with Crippen LogP contribution in [0, 0.1) is 11.6 Å². The van der Waals surface area contributed by atoms with Crippen molar-refractivity contribution in [3.63, 3.8) is 0 Å². The van der Waals surface area contributed by atoms with Crippen LogP contribution in [-0.4, -0.2) is 57.1 Å². The number of hydrogen-bond acceptors (Lipinski definition) is 3. The van der Waals surface area contributed by atoms with Gasteiger partial charge in [-0.15, -0.1) is 0 Å². The Balaban J connectivity index is 1.68. The van der Waals surface area contributed by atoms with Gasteiger partial charge in [0.25, 0.3) is 0 Å². The lowest BCUT2D eigenvalue weighted by Gasteiger charge is -2.39. The molecule has 4 nitrogen and oxygen atoms in total. The number of carbonyl (C=O) groups is 1. The molecule has 1 aromatic rings. The highest BCUT2D eigenvalue weighted by Crippen LogP contribution is 2.22. The van der Waals surface area contributed by atoms with Gasteiger partial charge in [0.05, 0.1) is 6.04 Å². The molecule has 0 spiro atoms. The molecule has 1 atom stereocenters. The first-order valence-corrected chi connectivity index (χ1v) is 9.35. The van der Waals surface area contributed by atoms with Gasteiger partial charge in [0.15, 0.2) is 0 Å². The summed E-state index contributed by atoms with van der Waals surface area (Å²) in [7, 11) is -0.774. The molecule has 0 saturated carbocycles. The lowest BCUT2D eigenvalue weighted by molar-refractivity contribution is -0.140. The largest absolute Gasteiger partial charge is 0.337 e. The standard InChI is InChI=1S/C16H20F2N2O2S/c17-13-4-3-12(14(18)10-13)11-20-5-1-2-15(16(20)21)19-6-8-23(22)9-7-19/h3-4,10,15H,1-2,5-9,11H2/t15-/m0/s1. The monoisotopic (exact) mass is 342 g/mol. The van der Waals surface area contributed by atoms with Crippen LogP contribution in [0.25, 0.3) is 0 Å². The number of likely N-dealkylation sites (tertiary alicyclic amines) is 1. The zero-order valence-corrected chi connectivity index (χ0v) is 13.7. The SMILES string of the molecule is O=C1[C@@H](N2CCS(=O)CC2)CCCN1Cc1ccc(F)cc1F. The van der Waals surface area contributed by atoms with E-state index in [1.54, 1.807) is 4.90 Å². The molecule has 2 heterocycles. The van der Waals surface area contributed by atoms with Crippen LogP contribution >= 0.6 is 0 Å². The van der Waals surface area contributed by atoms with Crippen LogP contribution < -0.4 is 0 Å². The number of rotatable bonds is 3. The minimum absolute atomic E-state index is 0.00680. The Labute approximate surface area is 136 Å². The summed E-state index contributed by atoms with van der Waals surface area (Å²) in [6, 6.07) is 3.25. The maximum atomic E-state index is 13.8. The van der Waals surface area contributed by atoms with E-state index in [2.05, 4.69) is 4.90 Å². The lowest BCUT2D eigenvalue weighted by Crippen LogP contribution is -2.55. The van der Waals surface area contributed by atoms with Gasteiger partial charge in [-0.3, -0.25) is 13.9 Å². The fourth-order valence-corrected chi connectivity index (χ4v) is 4.32. The van der Waals surface area contributed by atoms with E-state index in [-0.39, 0.29) is 18.5 Å². The third kappa shape index (κ3) is 3.77. The van der Waals surface area contributed by atoms with Crippen molar-refractivity contribution in [2.24, 2.45) is 0 Å². The summed E-state index contributed by atoms with van der Waals surface area (Å²) in [5.41, 5.74) is 0.333. The maximum Gasteiger partial charge on any atom is 0.240 e. The van der Waals surface area contributed by atoms with Crippen molar-refractivity contribution in [3.05, 3.63) is 35.4 Å². The van der Waals surface area contributed by atoms with Gasteiger partial charge >= 0.3 is 0 Å². The van der Waals surface area contributed by atoms with Crippen LogP contribution in [-0.2, 0) is 22.1 Å². The van der Waals surface area contributed by atoms with Crippen molar-refractivity contribution in [3.8, 4) is 0 Å². The molecule has 1 aromatic carbocycles. The van der Waals surface area contributed by atoms with Crippen LogP contribution in [0.5, 0.6) is 0 Å². The van der Waals surface area contributed by atoms with Crippen LogP contribution in [0.1, 0.15) is 18.4 Å². The van der Waals surface area contributed by atoms with Crippen molar-refractivity contribution in [1.29, 1.82) is 0 Å². The van der Waals surface area contributed by atoms with E-state index < -0.39 is 22.4 Å². The third-order valence-corrected chi connectivity index (χ3v) is 5.81. The second-order valence-corrected chi connectivity index (χ2v) is 7.73. The van der Waals surface area contributed by atoms with Crippen LogP contribution in [0.3, 0.4) is 0 Å². The van der Waals surface area contributed by atoms with E-state index in [0.29, 0.717) is 36.7 Å². The second kappa shape index (κ2) is 7.05. The Kier molecular flexibility index (Phi) is 5.06. The van der Waals surface area contributed by atoms with Gasteiger partial charge in [-0.1, -0.05) is 6.07 Å². The fourth-order valence-electron chi connectivity index (χ4n) is 3.23. The van der Waals surface area contributed by atoms with Gasteiger partial charge < -0.3 is 4.90 Å². The van der Waals surface area contributed by atoms with E-state index in [9.17, 15) is 17.8 Å². The third-order valence-electron chi connectivity index (χ3n) is 4.53. The Morgan fingerprint density at radius 3 is 2.61 bits per heavy atom. The molecule has 126 valence electrons. The van der Waals surface area contributed by atoms with E-state index in [1.807, 2.05) is 0 Å². The van der Waals surface area contributed by atoms with Crippen molar-refractivity contribution in [1.82, 2.24) is 9.80 Å². The number of halogens is 2. The van der Waals surface area contributed by atoms with Gasteiger partial charge in [0.1, 0.15) is 11.6 Å². The minimum atomic E-state index is -0.774. The molecule has 23 heavy (non-hydrogen) atoms. The molecule has 0 radical (unpaired) electrons. The van der Waals surface area contributed by atoms with Crippen LogP contribution in [0.15, 0.2) is 18.2 Å². The molecule has 2 aliphatic rings. The summed E-state index contributed by atoms with van der Waals surface area (Å²) in [5.74, 6) is -0.0245. The molecule has 1 amide bonds. The second-order valence-electron chi connectivity index (χ2n) is 6.04. The number of hydrogen-bond donors (Lipinski definition) is 0. The van der Waals surface area contributed by atoms with Crippen molar-refractivity contribution < 1.29 is 17.8 Å². The zero-order valence-electron chi connectivity index (χ0n) is 12.8. The summed E-state index contributed by atoms with van der Waals surface area (Å²) in [6.45, 7) is 2.09. The number of piperidine rings is 1. The molecule has 2 saturated heterocycles. The summed E-state index contributed by atoms with van der Waals surface area (Å²) in [4.78, 5) is 16.4. The number of nitrogens with zero attached hydrogens (tertiary/aromatic N) is 2. The predicted octanol–water partition coefficient (Wildman–Crippen LogP) is 1.52.